The maximum atomic E-state index is 13.5. The van der Waals surface area contributed by atoms with Gasteiger partial charge in [0.05, 0.1) is 10.3 Å². The van der Waals surface area contributed by atoms with Crippen LogP contribution in [0.3, 0.4) is 0 Å². The summed E-state index contributed by atoms with van der Waals surface area (Å²) in [5.41, 5.74) is 3.27. The third-order valence-corrected chi connectivity index (χ3v) is 7.55. The summed E-state index contributed by atoms with van der Waals surface area (Å²) in [4.78, 5) is 25.7. The number of nitrogens with one attached hydrogen (secondary N) is 1. The van der Waals surface area contributed by atoms with Crippen LogP contribution in [0.2, 0.25) is 0 Å². The number of aryl methyl sites for hydroxylation is 3. The molecule has 1 heterocycles. The van der Waals surface area contributed by atoms with Crippen LogP contribution >= 0.6 is 0 Å². The van der Waals surface area contributed by atoms with Crippen LogP contribution in [0.1, 0.15) is 27.8 Å². The van der Waals surface area contributed by atoms with Crippen LogP contribution in [0.25, 0.3) is 11.0 Å². The summed E-state index contributed by atoms with van der Waals surface area (Å²) in [6.45, 7) is 7.04. The first-order valence-electron chi connectivity index (χ1n) is 11.4. The second kappa shape index (κ2) is 10.1. The van der Waals surface area contributed by atoms with E-state index in [1.54, 1.807) is 45.0 Å². The zero-order chi connectivity index (χ0) is 26.0. The molecule has 0 aliphatic carbocycles. The molecule has 4 rings (SSSR count). The van der Waals surface area contributed by atoms with Gasteiger partial charge in [0, 0.05) is 5.56 Å². The third-order valence-electron chi connectivity index (χ3n) is 6.06. The van der Waals surface area contributed by atoms with E-state index in [0.29, 0.717) is 22.1 Å². The van der Waals surface area contributed by atoms with Crippen molar-refractivity contribution in [3.05, 3.63) is 105 Å². The number of carbonyl (C=O) groups is 1. The van der Waals surface area contributed by atoms with Crippen molar-refractivity contribution in [3.63, 3.8) is 0 Å². The molecule has 8 heteroatoms. The first-order chi connectivity index (χ1) is 17.0. The Kier molecular flexibility index (Phi) is 7.10. The SMILES string of the molecule is Cc1ccc(S(=O)(=O)NC(Cc2ccccc2)C(=O)Oc2cc(C)cc3oc(=O)c(C)c(C)c23)cc1. The van der Waals surface area contributed by atoms with E-state index in [1.807, 2.05) is 37.3 Å². The number of ether oxygens (including phenoxy) is 1. The van der Waals surface area contributed by atoms with Gasteiger partial charge in [0.25, 0.3) is 0 Å². The molecule has 0 aliphatic heterocycles. The van der Waals surface area contributed by atoms with E-state index in [2.05, 4.69) is 4.72 Å². The van der Waals surface area contributed by atoms with Crippen molar-refractivity contribution < 1.29 is 22.4 Å². The highest BCUT2D eigenvalue weighted by Crippen LogP contribution is 2.31. The normalized spacial score (nSPS) is 12.4. The average Bonchev–Trinajstić information content (AvgIpc) is 2.82. The van der Waals surface area contributed by atoms with E-state index < -0.39 is 27.7 Å². The number of carbonyl (C=O) groups excluding carboxylic acids is 1. The number of esters is 1. The summed E-state index contributed by atoms with van der Waals surface area (Å²) in [6, 6.07) is 17.6. The Morgan fingerprint density at radius 3 is 2.25 bits per heavy atom. The molecule has 0 fully saturated rings. The quantitative estimate of drug-likeness (QED) is 0.225. The van der Waals surface area contributed by atoms with Crippen LogP contribution in [0.5, 0.6) is 5.75 Å². The fourth-order valence-electron chi connectivity index (χ4n) is 3.94. The number of hydrogen-bond acceptors (Lipinski definition) is 6. The minimum Gasteiger partial charge on any atom is -0.425 e. The smallest absolute Gasteiger partial charge is 0.339 e. The summed E-state index contributed by atoms with van der Waals surface area (Å²) in [6.07, 6.45) is 0.0849. The largest absolute Gasteiger partial charge is 0.425 e. The highest BCUT2D eigenvalue weighted by atomic mass is 32.2. The van der Waals surface area contributed by atoms with Crippen molar-refractivity contribution in [3.8, 4) is 5.75 Å². The van der Waals surface area contributed by atoms with E-state index in [-0.39, 0.29) is 17.1 Å². The number of sulfonamides is 1. The molecule has 3 aromatic carbocycles. The molecular weight excluding hydrogens is 478 g/mol. The zero-order valence-corrected chi connectivity index (χ0v) is 21.3. The van der Waals surface area contributed by atoms with Gasteiger partial charge in [-0.2, -0.15) is 4.72 Å². The zero-order valence-electron chi connectivity index (χ0n) is 20.5. The lowest BCUT2D eigenvalue weighted by Gasteiger charge is -2.19. The molecule has 4 aromatic rings. The molecule has 0 radical (unpaired) electrons. The lowest BCUT2D eigenvalue weighted by atomic mass is 10.0. The monoisotopic (exact) mass is 505 g/mol. The molecule has 36 heavy (non-hydrogen) atoms. The highest BCUT2D eigenvalue weighted by Gasteiger charge is 2.29. The van der Waals surface area contributed by atoms with Gasteiger partial charge in [0.15, 0.2) is 0 Å². The van der Waals surface area contributed by atoms with Crippen LogP contribution < -0.4 is 15.1 Å². The Hall–Kier alpha value is -3.75. The fraction of sp³-hybridized carbons (Fsp3) is 0.214. The van der Waals surface area contributed by atoms with Gasteiger partial charge in [-0.25, -0.2) is 18.0 Å². The molecule has 0 bridgehead atoms. The van der Waals surface area contributed by atoms with Gasteiger partial charge >= 0.3 is 11.6 Å². The predicted octanol–water partition coefficient (Wildman–Crippen LogP) is 4.52. The summed E-state index contributed by atoms with van der Waals surface area (Å²) in [5, 5.41) is 0.492. The number of rotatable bonds is 7. The van der Waals surface area contributed by atoms with Crippen LogP contribution in [0, 0.1) is 27.7 Å². The van der Waals surface area contributed by atoms with Gasteiger partial charge in [-0.05, 0) is 75.1 Å². The minimum absolute atomic E-state index is 0.0493. The first-order valence-corrected chi connectivity index (χ1v) is 12.9. The van der Waals surface area contributed by atoms with Gasteiger partial charge < -0.3 is 9.15 Å². The number of benzene rings is 3. The van der Waals surface area contributed by atoms with Crippen LogP contribution in [0.4, 0.5) is 0 Å². The Labute approximate surface area is 209 Å². The standard InChI is InChI=1S/C28H27NO6S/c1-17-10-12-22(13-11-17)36(32,33)29-23(16-21-8-6-5-7-9-21)28(31)35-25-15-18(2)14-24-26(25)19(3)20(4)27(30)34-24/h5-15,23,29H,16H2,1-4H3. The van der Waals surface area contributed by atoms with Crippen molar-refractivity contribution in [2.45, 2.75) is 45.1 Å². The molecule has 0 aliphatic rings. The number of hydrogen-bond donors (Lipinski definition) is 1. The molecule has 0 saturated carbocycles. The van der Waals surface area contributed by atoms with Gasteiger partial charge in [0.2, 0.25) is 10.0 Å². The number of fused-ring (bicyclic) bond motifs is 1. The second-order valence-electron chi connectivity index (χ2n) is 8.87. The van der Waals surface area contributed by atoms with Gasteiger partial charge in [-0.3, -0.25) is 0 Å². The second-order valence-corrected chi connectivity index (χ2v) is 10.6. The molecule has 1 atom stereocenters. The average molecular weight is 506 g/mol. The fourth-order valence-corrected chi connectivity index (χ4v) is 5.13. The van der Waals surface area contributed by atoms with Gasteiger partial charge in [-0.1, -0.05) is 48.0 Å². The van der Waals surface area contributed by atoms with E-state index >= 15 is 0 Å². The van der Waals surface area contributed by atoms with E-state index in [4.69, 9.17) is 9.15 Å². The Morgan fingerprint density at radius 1 is 0.917 bits per heavy atom. The van der Waals surface area contributed by atoms with Crippen molar-refractivity contribution in [2.24, 2.45) is 0 Å². The van der Waals surface area contributed by atoms with Crippen LogP contribution in [-0.4, -0.2) is 20.4 Å². The van der Waals surface area contributed by atoms with E-state index in [1.165, 1.54) is 12.1 Å². The van der Waals surface area contributed by atoms with Crippen LogP contribution in [-0.2, 0) is 21.2 Å². The first kappa shape index (κ1) is 25.3. The molecule has 1 N–H and O–H groups in total. The Morgan fingerprint density at radius 2 is 1.58 bits per heavy atom. The van der Waals surface area contributed by atoms with Crippen LogP contribution in [0.15, 0.2) is 80.8 Å². The maximum Gasteiger partial charge on any atom is 0.339 e. The molecule has 0 spiro atoms. The van der Waals surface area contributed by atoms with Crippen molar-refractivity contribution in [2.75, 3.05) is 0 Å². The molecule has 1 unspecified atom stereocenters. The van der Waals surface area contributed by atoms with Crippen molar-refractivity contribution in [1.82, 2.24) is 4.72 Å². The topological polar surface area (TPSA) is 103 Å². The lowest BCUT2D eigenvalue weighted by Crippen LogP contribution is -2.44. The molecule has 186 valence electrons. The minimum atomic E-state index is -4.02. The van der Waals surface area contributed by atoms with E-state index in [9.17, 15) is 18.0 Å². The molecular formula is C28H27NO6S. The van der Waals surface area contributed by atoms with E-state index in [0.717, 1.165) is 16.7 Å². The molecule has 0 saturated heterocycles. The summed E-state index contributed by atoms with van der Waals surface area (Å²) in [7, 11) is -4.02. The van der Waals surface area contributed by atoms with Gasteiger partial charge in [-0.15, -0.1) is 0 Å². The third kappa shape index (κ3) is 5.40. The van der Waals surface area contributed by atoms with Crippen molar-refractivity contribution in [1.29, 1.82) is 0 Å². The summed E-state index contributed by atoms with van der Waals surface area (Å²) >= 11 is 0. The Balaban J connectivity index is 1.73. The highest BCUT2D eigenvalue weighted by molar-refractivity contribution is 7.89. The lowest BCUT2D eigenvalue weighted by molar-refractivity contribution is -0.136. The maximum absolute atomic E-state index is 13.5. The molecule has 7 nitrogen and oxygen atoms in total. The molecule has 1 aromatic heterocycles. The van der Waals surface area contributed by atoms with Crippen molar-refractivity contribution >= 4 is 27.0 Å². The van der Waals surface area contributed by atoms with Gasteiger partial charge in [0.1, 0.15) is 17.4 Å². The molecule has 0 amide bonds. The predicted molar refractivity (Wildman–Crippen MR) is 138 cm³/mol. The summed E-state index contributed by atoms with van der Waals surface area (Å²) in [5.74, 6) is -0.573. The Bertz CT molecular complexity index is 1590. The summed E-state index contributed by atoms with van der Waals surface area (Å²) < 4.78 is 40.0.